The van der Waals surface area contributed by atoms with Gasteiger partial charge in [0.1, 0.15) is 11.8 Å². The van der Waals surface area contributed by atoms with Crippen molar-refractivity contribution in [3.63, 3.8) is 0 Å². The van der Waals surface area contributed by atoms with Crippen molar-refractivity contribution in [1.82, 2.24) is 5.32 Å². The van der Waals surface area contributed by atoms with Crippen molar-refractivity contribution in [3.8, 4) is 5.75 Å². The fourth-order valence-corrected chi connectivity index (χ4v) is 3.42. The van der Waals surface area contributed by atoms with Crippen LogP contribution in [0.25, 0.3) is 0 Å². The molecule has 5 nitrogen and oxygen atoms in total. The molecule has 0 aromatic heterocycles. The number of ether oxygens (including phenoxy) is 1. The molecule has 0 radical (unpaired) electrons. The molecule has 0 saturated heterocycles. The van der Waals surface area contributed by atoms with Crippen LogP contribution in [0.1, 0.15) is 52.9 Å². The van der Waals surface area contributed by atoms with Crippen LogP contribution in [0.15, 0.2) is 24.3 Å². The quantitative estimate of drug-likeness (QED) is 0.772. The summed E-state index contributed by atoms with van der Waals surface area (Å²) >= 11 is 0. The third-order valence-corrected chi connectivity index (χ3v) is 5.52. The minimum Gasteiger partial charge on any atom is -0.497 e. The monoisotopic (exact) mass is 360 g/mol. The van der Waals surface area contributed by atoms with Gasteiger partial charge in [-0.1, -0.05) is 33.3 Å². The highest BCUT2D eigenvalue weighted by atomic mass is 16.5. The second kappa shape index (κ2) is 9.60. The Hall–Kier alpha value is -2.04. The van der Waals surface area contributed by atoms with Gasteiger partial charge < -0.3 is 15.4 Å². The van der Waals surface area contributed by atoms with E-state index in [0.29, 0.717) is 17.4 Å². The number of hydrogen-bond acceptors (Lipinski definition) is 3. The van der Waals surface area contributed by atoms with Crippen molar-refractivity contribution in [1.29, 1.82) is 0 Å². The normalized spacial score (nSPS) is 22.2. The molecule has 2 N–H and O–H groups in total. The number of carbonyl (C=O) groups excluding carboxylic acids is 2. The van der Waals surface area contributed by atoms with Crippen LogP contribution in [0.4, 0.5) is 5.69 Å². The van der Waals surface area contributed by atoms with E-state index in [9.17, 15) is 9.59 Å². The SMILES string of the molecule is CCC(C)C(NC(=O)C1CCC(C)CC1)C(=O)Nc1cccc(OC)c1. The highest BCUT2D eigenvalue weighted by molar-refractivity contribution is 5.97. The van der Waals surface area contributed by atoms with E-state index >= 15 is 0 Å². The first-order valence-electron chi connectivity index (χ1n) is 9.69. The molecule has 0 aliphatic heterocycles. The van der Waals surface area contributed by atoms with E-state index in [1.54, 1.807) is 13.2 Å². The summed E-state index contributed by atoms with van der Waals surface area (Å²) in [5.74, 6) is 1.31. The van der Waals surface area contributed by atoms with Gasteiger partial charge in [-0.05, 0) is 49.7 Å². The first kappa shape index (κ1) is 20.3. The van der Waals surface area contributed by atoms with Gasteiger partial charge in [-0.2, -0.15) is 0 Å². The number of anilines is 1. The van der Waals surface area contributed by atoms with E-state index in [2.05, 4.69) is 17.6 Å². The molecular formula is C21H32N2O3. The Morgan fingerprint density at radius 1 is 1.23 bits per heavy atom. The summed E-state index contributed by atoms with van der Waals surface area (Å²) in [7, 11) is 1.59. The smallest absolute Gasteiger partial charge is 0.247 e. The molecule has 2 amide bonds. The molecule has 1 aromatic carbocycles. The average molecular weight is 360 g/mol. The maximum atomic E-state index is 12.8. The Bertz CT molecular complexity index is 609. The largest absolute Gasteiger partial charge is 0.497 e. The third kappa shape index (κ3) is 5.48. The van der Waals surface area contributed by atoms with Crippen LogP contribution in [0.3, 0.4) is 0 Å². The van der Waals surface area contributed by atoms with Gasteiger partial charge in [-0.3, -0.25) is 9.59 Å². The highest BCUT2D eigenvalue weighted by Crippen LogP contribution is 2.28. The summed E-state index contributed by atoms with van der Waals surface area (Å²) in [6.45, 7) is 6.27. The van der Waals surface area contributed by atoms with Gasteiger partial charge in [-0.25, -0.2) is 0 Å². The molecule has 144 valence electrons. The Balaban J connectivity index is 2.03. The summed E-state index contributed by atoms with van der Waals surface area (Å²) < 4.78 is 5.20. The van der Waals surface area contributed by atoms with Gasteiger partial charge in [0.05, 0.1) is 7.11 Å². The lowest BCUT2D eigenvalue weighted by atomic mass is 9.82. The van der Waals surface area contributed by atoms with E-state index in [-0.39, 0.29) is 23.7 Å². The van der Waals surface area contributed by atoms with Crippen LogP contribution in [-0.2, 0) is 9.59 Å². The van der Waals surface area contributed by atoms with E-state index in [1.807, 2.05) is 32.0 Å². The van der Waals surface area contributed by atoms with Crippen molar-refractivity contribution >= 4 is 17.5 Å². The fourth-order valence-electron chi connectivity index (χ4n) is 3.42. The molecule has 1 aliphatic rings. The summed E-state index contributed by atoms with van der Waals surface area (Å²) in [6.07, 6.45) is 4.82. The van der Waals surface area contributed by atoms with Gasteiger partial charge in [0, 0.05) is 17.7 Å². The molecule has 0 heterocycles. The standard InChI is InChI=1S/C21H32N2O3/c1-5-15(3)19(23-20(24)16-11-9-14(2)10-12-16)21(25)22-17-7-6-8-18(13-17)26-4/h6-8,13-16,19H,5,9-12H2,1-4H3,(H,22,25)(H,23,24). The van der Waals surface area contributed by atoms with Gasteiger partial charge in [-0.15, -0.1) is 0 Å². The average Bonchev–Trinajstić information content (AvgIpc) is 2.65. The van der Waals surface area contributed by atoms with Crippen LogP contribution in [0.5, 0.6) is 5.75 Å². The molecule has 0 bridgehead atoms. The van der Waals surface area contributed by atoms with E-state index < -0.39 is 6.04 Å². The molecule has 2 atom stereocenters. The summed E-state index contributed by atoms with van der Waals surface area (Å²) in [5, 5.41) is 5.93. The zero-order valence-electron chi connectivity index (χ0n) is 16.4. The molecule has 2 rings (SSSR count). The molecule has 0 spiro atoms. The van der Waals surface area contributed by atoms with Crippen molar-refractivity contribution in [2.75, 3.05) is 12.4 Å². The number of benzene rings is 1. The van der Waals surface area contributed by atoms with Crippen molar-refractivity contribution < 1.29 is 14.3 Å². The number of nitrogens with one attached hydrogen (secondary N) is 2. The van der Waals surface area contributed by atoms with Crippen molar-refractivity contribution in [3.05, 3.63) is 24.3 Å². The number of amides is 2. The number of methoxy groups -OCH3 is 1. The molecule has 1 saturated carbocycles. The molecule has 1 aromatic rings. The lowest BCUT2D eigenvalue weighted by Gasteiger charge is -2.29. The second-order valence-corrected chi connectivity index (χ2v) is 7.55. The zero-order valence-corrected chi connectivity index (χ0v) is 16.4. The van der Waals surface area contributed by atoms with Crippen LogP contribution in [0.2, 0.25) is 0 Å². The van der Waals surface area contributed by atoms with Crippen LogP contribution >= 0.6 is 0 Å². The van der Waals surface area contributed by atoms with Gasteiger partial charge >= 0.3 is 0 Å². The van der Waals surface area contributed by atoms with Crippen LogP contribution in [-0.4, -0.2) is 25.0 Å². The fraction of sp³-hybridized carbons (Fsp3) is 0.619. The van der Waals surface area contributed by atoms with E-state index in [1.165, 1.54) is 0 Å². The Morgan fingerprint density at radius 3 is 2.54 bits per heavy atom. The summed E-state index contributed by atoms with van der Waals surface area (Å²) in [4.78, 5) is 25.5. The topological polar surface area (TPSA) is 67.4 Å². The predicted molar refractivity (Wildman–Crippen MR) is 104 cm³/mol. The van der Waals surface area contributed by atoms with Crippen LogP contribution in [0, 0.1) is 17.8 Å². The van der Waals surface area contributed by atoms with Gasteiger partial charge in [0.2, 0.25) is 11.8 Å². The van der Waals surface area contributed by atoms with Crippen molar-refractivity contribution in [2.24, 2.45) is 17.8 Å². The Labute approximate surface area is 156 Å². The first-order chi connectivity index (χ1) is 12.4. The molecule has 5 heteroatoms. The lowest BCUT2D eigenvalue weighted by molar-refractivity contribution is -0.131. The minimum atomic E-state index is -0.530. The molecular weight excluding hydrogens is 328 g/mol. The maximum absolute atomic E-state index is 12.8. The van der Waals surface area contributed by atoms with E-state index in [4.69, 9.17) is 4.74 Å². The third-order valence-electron chi connectivity index (χ3n) is 5.52. The number of carbonyl (C=O) groups is 2. The number of rotatable bonds is 7. The first-order valence-corrected chi connectivity index (χ1v) is 9.69. The highest BCUT2D eigenvalue weighted by Gasteiger charge is 2.30. The van der Waals surface area contributed by atoms with Crippen molar-refractivity contribution in [2.45, 2.75) is 58.9 Å². The Kier molecular flexibility index (Phi) is 7.49. The minimum absolute atomic E-state index is 0.0167. The molecule has 1 fully saturated rings. The number of hydrogen-bond donors (Lipinski definition) is 2. The van der Waals surface area contributed by atoms with Gasteiger partial charge in [0.15, 0.2) is 0 Å². The predicted octanol–water partition coefficient (Wildman–Crippen LogP) is 3.99. The maximum Gasteiger partial charge on any atom is 0.247 e. The molecule has 2 unspecified atom stereocenters. The summed E-state index contributed by atoms with van der Waals surface area (Å²) in [6, 6.07) is 6.72. The zero-order chi connectivity index (χ0) is 19.1. The second-order valence-electron chi connectivity index (χ2n) is 7.55. The summed E-state index contributed by atoms with van der Waals surface area (Å²) in [5.41, 5.74) is 0.670. The van der Waals surface area contributed by atoms with Gasteiger partial charge in [0.25, 0.3) is 0 Å². The van der Waals surface area contributed by atoms with E-state index in [0.717, 1.165) is 32.1 Å². The molecule has 1 aliphatic carbocycles. The van der Waals surface area contributed by atoms with Crippen LogP contribution < -0.4 is 15.4 Å². The Morgan fingerprint density at radius 2 is 1.92 bits per heavy atom. The lowest BCUT2D eigenvalue weighted by Crippen LogP contribution is -2.49. The molecule has 26 heavy (non-hydrogen) atoms.